The Morgan fingerprint density at radius 1 is 1.30 bits per heavy atom. The third kappa shape index (κ3) is 3.27. The maximum Gasteiger partial charge on any atom is 0.187 e. The smallest absolute Gasteiger partial charge is 0.187 e. The lowest BCUT2D eigenvalue weighted by Gasteiger charge is -2.24. The molecule has 0 spiro atoms. The number of hydrogen-bond acceptors (Lipinski definition) is 4. The van der Waals surface area contributed by atoms with Gasteiger partial charge in [-0.05, 0) is 19.1 Å². The normalized spacial score (nSPS) is 10.3. The number of nitrogens with two attached hydrogens (primary N) is 1. The average Bonchev–Trinajstić information content (AvgIpc) is 2.44. The van der Waals surface area contributed by atoms with Crippen LogP contribution in [0.5, 0.6) is 0 Å². The fraction of sp³-hybridized carbons (Fsp3) is 0.214. The lowest BCUT2D eigenvalue weighted by atomic mass is 10.2. The first-order valence-corrected chi connectivity index (χ1v) is 6.58. The molecule has 1 heterocycles. The number of para-hydroxylation sites is 1. The lowest BCUT2D eigenvalue weighted by Crippen LogP contribution is -2.25. The predicted molar refractivity (Wildman–Crippen MR) is 81.6 cm³/mol. The molecule has 2 rings (SSSR count). The summed E-state index contributed by atoms with van der Waals surface area (Å²) in [5.41, 5.74) is 6.69. The second-order valence-electron chi connectivity index (χ2n) is 4.30. The second kappa shape index (κ2) is 6.38. The molecule has 0 amide bonds. The van der Waals surface area contributed by atoms with Gasteiger partial charge in [-0.2, -0.15) is 0 Å². The first-order chi connectivity index (χ1) is 9.59. The Balaban J connectivity index is 2.40. The van der Waals surface area contributed by atoms with Crippen LogP contribution in [-0.2, 0) is 0 Å². The van der Waals surface area contributed by atoms with Gasteiger partial charge < -0.3 is 10.6 Å². The van der Waals surface area contributed by atoms with Gasteiger partial charge in [-0.3, -0.25) is 0 Å². The van der Waals surface area contributed by atoms with E-state index >= 15 is 0 Å². The van der Waals surface area contributed by atoms with Gasteiger partial charge in [0.05, 0.1) is 10.7 Å². The zero-order chi connectivity index (χ0) is 14.5. The molecule has 0 aliphatic carbocycles. The molecule has 20 heavy (non-hydrogen) atoms. The molecule has 0 saturated heterocycles. The Morgan fingerprint density at radius 2 is 2.00 bits per heavy atom. The highest BCUT2D eigenvalue weighted by Gasteiger charge is 2.17. The van der Waals surface area contributed by atoms with Crippen molar-refractivity contribution in [1.29, 1.82) is 0 Å². The second-order valence-corrected chi connectivity index (χ2v) is 4.82. The number of rotatable bonds is 5. The molecule has 0 radical (unpaired) electrons. The van der Waals surface area contributed by atoms with E-state index in [1.54, 1.807) is 11.8 Å². The molecule has 2 N–H and O–H groups in total. The van der Waals surface area contributed by atoms with Gasteiger partial charge in [0.1, 0.15) is 6.33 Å². The van der Waals surface area contributed by atoms with E-state index in [0.717, 1.165) is 5.69 Å². The largest absolute Gasteiger partial charge is 0.393 e. The zero-order valence-electron chi connectivity index (χ0n) is 11.1. The molecule has 4 nitrogen and oxygen atoms in total. The van der Waals surface area contributed by atoms with Gasteiger partial charge >= 0.3 is 0 Å². The van der Waals surface area contributed by atoms with Gasteiger partial charge in [0, 0.05) is 18.7 Å². The molecule has 0 aliphatic rings. The summed E-state index contributed by atoms with van der Waals surface area (Å²) in [4.78, 5) is 10.0. The van der Waals surface area contributed by atoms with Crippen molar-refractivity contribution in [3.05, 3.63) is 48.2 Å². The van der Waals surface area contributed by atoms with Crippen molar-refractivity contribution in [1.82, 2.24) is 9.97 Å². The van der Waals surface area contributed by atoms with Gasteiger partial charge in [0.2, 0.25) is 0 Å². The summed E-state index contributed by atoms with van der Waals surface area (Å²) < 4.78 is 14.2. The van der Waals surface area contributed by atoms with Crippen molar-refractivity contribution in [3.8, 4) is 0 Å². The summed E-state index contributed by atoms with van der Waals surface area (Å²) in [5.74, 6) is -0.195. The van der Waals surface area contributed by atoms with E-state index in [4.69, 9.17) is 18.0 Å². The third-order valence-electron chi connectivity index (χ3n) is 2.85. The number of nitrogens with zero attached hydrogens (tertiary/aromatic N) is 3. The quantitative estimate of drug-likeness (QED) is 0.858. The van der Waals surface area contributed by atoms with E-state index in [-0.39, 0.29) is 5.82 Å². The zero-order valence-corrected chi connectivity index (χ0v) is 11.9. The maximum absolute atomic E-state index is 14.2. The number of aromatic nitrogens is 2. The Bertz CT molecular complexity index is 603. The van der Waals surface area contributed by atoms with Crippen molar-refractivity contribution >= 4 is 28.7 Å². The molecule has 0 bridgehead atoms. The Labute approximate surface area is 122 Å². The van der Waals surface area contributed by atoms with Gasteiger partial charge in [0.15, 0.2) is 11.6 Å². The molecule has 0 saturated carbocycles. The van der Waals surface area contributed by atoms with Crippen LogP contribution < -0.4 is 10.6 Å². The third-order valence-corrected chi connectivity index (χ3v) is 3.05. The highest BCUT2D eigenvalue weighted by molar-refractivity contribution is 7.80. The van der Waals surface area contributed by atoms with Crippen molar-refractivity contribution in [2.24, 2.45) is 5.73 Å². The lowest BCUT2D eigenvalue weighted by molar-refractivity contribution is 0.599. The predicted octanol–water partition coefficient (Wildman–Crippen LogP) is 2.74. The fourth-order valence-electron chi connectivity index (χ4n) is 1.82. The fourth-order valence-corrected chi connectivity index (χ4v) is 1.91. The minimum absolute atomic E-state index is 0.236. The van der Waals surface area contributed by atoms with E-state index in [2.05, 4.69) is 9.97 Å². The molecule has 1 aromatic heterocycles. The minimum atomic E-state index is -0.431. The number of thiocarbonyl (C=S) groups is 1. The van der Waals surface area contributed by atoms with E-state index in [1.807, 2.05) is 30.3 Å². The van der Waals surface area contributed by atoms with E-state index in [9.17, 15) is 4.39 Å². The highest BCUT2D eigenvalue weighted by atomic mass is 32.1. The molecule has 104 valence electrons. The number of anilines is 2. The molecule has 1 aromatic carbocycles. The highest BCUT2D eigenvalue weighted by Crippen LogP contribution is 2.26. The van der Waals surface area contributed by atoms with Gasteiger partial charge in [-0.25, -0.2) is 14.4 Å². The number of hydrogen-bond donors (Lipinski definition) is 1. The minimum Gasteiger partial charge on any atom is -0.393 e. The van der Waals surface area contributed by atoms with Gasteiger partial charge in [-0.15, -0.1) is 0 Å². The summed E-state index contributed by atoms with van der Waals surface area (Å²) in [6.45, 7) is 2.07. The molecule has 0 atom stereocenters. The monoisotopic (exact) mass is 290 g/mol. The van der Waals surface area contributed by atoms with Crippen LogP contribution in [0, 0.1) is 12.7 Å². The molecule has 2 aromatic rings. The van der Waals surface area contributed by atoms with Crippen LogP contribution in [0.4, 0.5) is 15.9 Å². The summed E-state index contributed by atoms with van der Waals surface area (Å²) >= 11 is 4.90. The van der Waals surface area contributed by atoms with Crippen LogP contribution in [0.1, 0.15) is 12.1 Å². The standard InChI is InChI=1S/C14H15FN4S/c1-10-13(15)14(18-9-17-10)19(8-7-12(16)20)11-5-3-2-4-6-11/h2-6,9H,7-8H2,1H3,(H2,16,20). The number of halogens is 1. The first kappa shape index (κ1) is 14.3. The molecule has 0 fully saturated rings. The van der Waals surface area contributed by atoms with Crippen LogP contribution in [0.25, 0.3) is 0 Å². The van der Waals surface area contributed by atoms with Crippen molar-refractivity contribution in [2.45, 2.75) is 13.3 Å². The Morgan fingerprint density at radius 3 is 2.65 bits per heavy atom. The SMILES string of the molecule is Cc1ncnc(N(CCC(N)=S)c2ccccc2)c1F. The summed E-state index contributed by atoms with van der Waals surface area (Å²) in [6, 6.07) is 9.44. The summed E-state index contributed by atoms with van der Waals surface area (Å²) in [5, 5.41) is 0. The van der Waals surface area contributed by atoms with Gasteiger partial charge in [0.25, 0.3) is 0 Å². The van der Waals surface area contributed by atoms with E-state index in [0.29, 0.717) is 23.6 Å². The topological polar surface area (TPSA) is 55.0 Å². The van der Waals surface area contributed by atoms with Crippen LogP contribution >= 0.6 is 12.2 Å². The van der Waals surface area contributed by atoms with Crippen LogP contribution in [0.3, 0.4) is 0 Å². The Kier molecular flexibility index (Phi) is 4.57. The maximum atomic E-state index is 14.2. The molecule has 0 unspecified atom stereocenters. The van der Waals surface area contributed by atoms with Crippen molar-refractivity contribution in [3.63, 3.8) is 0 Å². The summed E-state index contributed by atoms with van der Waals surface area (Å²) in [7, 11) is 0. The van der Waals surface area contributed by atoms with Crippen LogP contribution in [-0.4, -0.2) is 21.5 Å². The van der Waals surface area contributed by atoms with Crippen LogP contribution in [0.15, 0.2) is 36.7 Å². The van der Waals surface area contributed by atoms with Crippen molar-refractivity contribution in [2.75, 3.05) is 11.4 Å². The van der Waals surface area contributed by atoms with Crippen molar-refractivity contribution < 1.29 is 4.39 Å². The molecule has 0 aliphatic heterocycles. The van der Waals surface area contributed by atoms with Crippen LogP contribution in [0.2, 0.25) is 0 Å². The summed E-state index contributed by atoms with van der Waals surface area (Å²) in [6.07, 6.45) is 1.83. The Hall–Kier alpha value is -2.08. The molecular formula is C14H15FN4S. The number of benzene rings is 1. The van der Waals surface area contributed by atoms with Gasteiger partial charge in [-0.1, -0.05) is 30.4 Å². The van der Waals surface area contributed by atoms with E-state index in [1.165, 1.54) is 6.33 Å². The number of aryl methyl sites for hydroxylation is 1. The first-order valence-electron chi connectivity index (χ1n) is 6.17. The average molecular weight is 290 g/mol. The molecular weight excluding hydrogens is 275 g/mol. The van der Waals surface area contributed by atoms with E-state index < -0.39 is 5.82 Å². The molecule has 6 heteroatoms.